The molecule has 0 radical (unpaired) electrons. The Bertz CT molecular complexity index is 1010. The van der Waals surface area contributed by atoms with E-state index >= 15 is 0 Å². The first kappa shape index (κ1) is 17.8. The van der Waals surface area contributed by atoms with Crippen LogP contribution in [-0.4, -0.2) is 16.6 Å². The minimum atomic E-state index is -0.00540. The number of aromatic nitrogens is 1. The van der Waals surface area contributed by atoms with Crippen molar-refractivity contribution in [3.8, 4) is 11.5 Å². The SMILES string of the molecule is O=C(CCCSc1ccccc1)Nc1nc(-c2cc3ccccc3o2)cs1. The maximum Gasteiger partial charge on any atom is 0.226 e. The van der Waals surface area contributed by atoms with Crippen LogP contribution in [0.1, 0.15) is 12.8 Å². The largest absolute Gasteiger partial charge is 0.454 e. The number of hydrogen-bond donors (Lipinski definition) is 1. The number of nitrogens with zero attached hydrogens (tertiary/aromatic N) is 1. The van der Waals surface area contributed by atoms with Crippen LogP contribution in [0.25, 0.3) is 22.4 Å². The zero-order valence-corrected chi connectivity index (χ0v) is 16.2. The molecule has 4 rings (SSSR count). The van der Waals surface area contributed by atoms with E-state index in [0.29, 0.717) is 17.3 Å². The van der Waals surface area contributed by atoms with Crippen molar-refractivity contribution in [2.45, 2.75) is 17.7 Å². The van der Waals surface area contributed by atoms with Gasteiger partial charge in [0.05, 0.1) is 0 Å². The highest BCUT2D eigenvalue weighted by Crippen LogP contribution is 2.30. The average Bonchev–Trinajstić information content (AvgIpc) is 3.32. The normalized spacial score (nSPS) is 11.0. The lowest BCUT2D eigenvalue weighted by Gasteiger charge is -2.02. The summed E-state index contributed by atoms with van der Waals surface area (Å²) in [7, 11) is 0. The van der Waals surface area contributed by atoms with E-state index in [9.17, 15) is 4.79 Å². The van der Waals surface area contributed by atoms with Crippen molar-refractivity contribution in [2.24, 2.45) is 0 Å². The van der Waals surface area contributed by atoms with Crippen molar-refractivity contribution in [2.75, 3.05) is 11.1 Å². The molecule has 0 spiro atoms. The summed E-state index contributed by atoms with van der Waals surface area (Å²) in [5.41, 5.74) is 1.58. The molecular formula is C21H18N2O2S2. The van der Waals surface area contributed by atoms with Crippen LogP contribution in [0, 0.1) is 0 Å². The van der Waals surface area contributed by atoms with E-state index < -0.39 is 0 Å². The number of carbonyl (C=O) groups is 1. The van der Waals surface area contributed by atoms with Crippen LogP contribution in [0.4, 0.5) is 5.13 Å². The first-order chi connectivity index (χ1) is 13.3. The Balaban J connectivity index is 1.29. The average molecular weight is 395 g/mol. The summed E-state index contributed by atoms with van der Waals surface area (Å²) in [6, 6.07) is 20.0. The molecule has 0 unspecified atom stereocenters. The van der Waals surface area contributed by atoms with Crippen molar-refractivity contribution in [3.05, 3.63) is 66.0 Å². The predicted octanol–water partition coefficient (Wildman–Crippen LogP) is 6.07. The number of amides is 1. The molecule has 2 heterocycles. The molecule has 0 aliphatic rings. The van der Waals surface area contributed by atoms with Gasteiger partial charge < -0.3 is 9.73 Å². The smallest absolute Gasteiger partial charge is 0.226 e. The molecule has 0 atom stereocenters. The summed E-state index contributed by atoms with van der Waals surface area (Å²) in [6.07, 6.45) is 1.31. The van der Waals surface area contributed by atoms with Gasteiger partial charge in [-0.15, -0.1) is 23.1 Å². The molecule has 4 aromatic rings. The number of anilines is 1. The number of furan rings is 1. The number of rotatable bonds is 7. The Labute approximate surface area is 165 Å². The summed E-state index contributed by atoms with van der Waals surface area (Å²) in [5, 5.41) is 6.43. The first-order valence-electron chi connectivity index (χ1n) is 8.70. The van der Waals surface area contributed by atoms with Gasteiger partial charge in [0.2, 0.25) is 5.91 Å². The van der Waals surface area contributed by atoms with E-state index in [0.717, 1.165) is 28.8 Å². The number of thiazole rings is 1. The summed E-state index contributed by atoms with van der Waals surface area (Å²) in [5.74, 6) is 1.63. The van der Waals surface area contributed by atoms with Crippen LogP contribution in [0.2, 0.25) is 0 Å². The molecule has 0 bridgehead atoms. The number of nitrogens with one attached hydrogen (secondary N) is 1. The van der Waals surface area contributed by atoms with E-state index in [4.69, 9.17) is 4.42 Å². The van der Waals surface area contributed by atoms with Gasteiger partial charge in [-0.3, -0.25) is 4.79 Å². The van der Waals surface area contributed by atoms with Gasteiger partial charge in [0.15, 0.2) is 10.9 Å². The number of fused-ring (bicyclic) bond motifs is 1. The fraction of sp³-hybridized carbons (Fsp3) is 0.143. The van der Waals surface area contributed by atoms with Crippen LogP contribution in [0.3, 0.4) is 0 Å². The number of carbonyl (C=O) groups excluding carboxylic acids is 1. The van der Waals surface area contributed by atoms with E-state index in [1.54, 1.807) is 11.8 Å². The van der Waals surface area contributed by atoms with Gasteiger partial charge in [-0.2, -0.15) is 0 Å². The molecule has 0 fully saturated rings. The number of para-hydroxylation sites is 1. The van der Waals surface area contributed by atoms with Crippen LogP contribution in [0.15, 0.2) is 75.4 Å². The second-order valence-electron chi connectivity index (χ2n) is 6.00. The van der Waals surface area contributed by atoms with Crippen LogP contribution in [0.5, 0.6) is 0 Å². The zero-order chi connectivity index (χ0) is 18.5. The summed E-state index contributed by atoms with van der Waals surface area (Å²) in [4.78, 5) is 17.8. The maximum absolute atomic E-state index is 12.1. The molecule has 27 heavy (non-hydrogen) atoms. The lowest BCUT2D eigenvalue weighted by Crippen LogP contribution is -2.11. The Morgan fingerprint density at radius 3 is 2.78 bits per heavy atom. The van der Waals surface area contributed by atoms with E-state index in [2.05, 4.69) is 22.4 Å². The van der Waals surface area contributed by atoms with E-state index in [1.807, 2.05) is 53.9 Å². The molecule has 0 saturated heterocycles. The van der Waals surface area contributed by atoms with Crippen LogP contribution < -0.4 is 5.32 Å². The van der Waals surface area contributed by atoms with Crippen molar-refractivity contribution in [1.29, 1.82) is 0 Å². The third-order valence-electron chi connectivity index (χ3n) is 3.99. The van der Waals surface area contributed by atoms with Gasteiger partial charge in [-0.05, 0) is 36.4 Å². The monoisotopic (exact) mass is 394 g/mol. The number of hydrogen-bond acceptors (Lipinski definition) is 5. The molecule has 136 valence electrons. The van der Waals surface area contributed by atoms with Crippen molar-refractivity contribution in [1.82, 2.24) is 4.98 Å². The Hall–Kier alpha value is -2.57. The van der Waals surface area contributed by atoms with Crippen molar-refractivity contribution in [3.63, 3.8) is 0 Å². The Kier molecular flexibility index (Phi) is 5.55. The molecule has 0 aliphatic heterocycles. The molecule has 0 saturated carbocycles. The van der Waals surface area contributed by atoms with E-state index in [-0.39, 0.29) is 5.91 Å². The molecule has 2 aromatic carbocycles. The molecule has 4 nitrogen and oxygen atoms in total. The fourth-order valence-corrected chi connectivity index (χ4v) is 4.26. The third kappa shape index (κ3) is 4.59. The molecule has 1 N–H and O–H groups in total. The Morgan fingerprint density at radius 2 is 1.93 bits per heavy atom. The van der Waals surface area contributed by atoms with Crippen LogP contribution in [-0.2, 0) is 4.79 Å². The highest BCUT2D eigenvalue weighted by atomic mass is 32.2. The van der Waals surface area contributed by atoms with Gasteiger partial charge in [-0.25, -0.2) is 4.98 Å². The van der Waals surface area contributed by atoms with Crippen molar-refractivity contribution < 1.29 is 9.21 Å². The Morgan fingerprint density at radius 1 is 1.11 bits per heavy atom. The molecule has 2 aromatic heterocycles. The van der Waals surface area contributed by atoms with Gasteiger partial charge in [0.25, 0.3) is 0 Å². The molecule has 1 amide bonds. The quantitative estimate of drug-likeness (QED) is 0.305. The lowest BCUT2D eigenvalue weighted by molar-refractivity contribution is -0.116. The highest BCUT2D eigenvalue weighted by molar-refractivity contribution is 7.99. The number of thioether (sulfide) groups is 1. The lowest BCUT2D eigenvalue weighted by atomic mass is 10.2. The van der Waals surface area contributed by atoms with Gasteiger partial charge in [0.1, 0.15) is 11.3 Å². The van der Waals surface area contributed by atoms with Gasteiger partial charge >= 0.3 is 0 Å². The van der Waals surface area contributed by atoms with Gasteiger partial charge in [0, 0.05) is 22.1 Å². The predicted molar refractivity (Wildman–Crippen MR) is 112 cm³/mol. The van der Waals surface area contributed by atoms with E-state index in [1.165, 1.54) is 16.2 Å². The van der Waals surface area contributed by atoms with Crippen molar-refractivity contribution >= 4 is 45.1 Å². The summed E-state index contributed by atoms with van der Waals surface area (Å²) >= 11 is 3.18. The first-order valence-corrected chi connectivity index (χ1v) is 10.6. The van der Waals surface area contributed by atoms with Gasteiger partial charge in [-0.1, -0.05) is 36.4 Å². The summed E-state index contributed by atoms with van der Waals surface area (Å²) in [6.45, 7) is 0. The fourth-order valence-electron chi connectivity index (χ4n) is 2.67. The molecular weight excluding hydrogens is 376 g/mol. The highest BCUT2D eigenvalue weighted by Gasteiger charge is 2.11. The standard InChI is InChI=1S/C21H18N2O2S2/c24-20(11-6-12-26-16-8-2-1-3-9-16)23-21-22-17(14-27-21)19-13-15-7-4-5-10-18(15)25-19/h1-5,7-10,13-14H,6,11-12H2,(H,22,23,24). The minimum absolute atomic E-state index is 0.00540. The van der Waals surface area contributed by atoms with Crippen LogP contribution >= 0.6 is 23.1 Å². The second kappa shape index (κ2) is 8.41. The number of benzene rings is 2. The second-order valence-corrected chi connectivity index (χ2v) is 8.03. The molecule has 0 aliphatic carbocycles. The zero-order valence-electron chi connectivity index (χ0n) is 14.6. The topological polar surface area (TPSA) is 55.1 Å². The molecule has 6 heteroatoms. The summed E-state index contributed by atoms with van der Waals surface area (Å²) < 4.78 is 5.82. The maximum atomic E-state index is 12.1. The minimum Gasteiger partial charge on any atom is -0.454 e. The third-order valence-corrected chi connectivity index (χ3v) is 5.84.